The van der Waals surface area contributed by atoms with Crippen LogP contribution in [-0.4, -0.2) is 25.3 Å². The maximum absolute atomic E-state index is 12.3. The number of carbonyl (C=O) groups is 1. The van der Waals surface area contributed by atoms with Crippen LogP contribution >= 0.6 is 0 Å². The lowest BCUT2D eigenvalue weighted by Crippen LogP contribution is -2.22. The van der Waals surface area contributed by atoms with Gasteiger partial charge in [0.25, 0.3) is 0 Å². The van der Waals surface area contributed by atoms with Crippen molar-refractivity contribution >= 4 is 16.9 Å². The molecule has 128 valence electrons. The highest BCUT2D eigenvalue weighted by Crippen LogP contribution is 2.16. The van der Waals surface area contributed by atoms with Gasteiger partial charge in [-0.2, -0.15) is 10.4 Å². The Hall–Kier alpha value is -3.14. The van der Waals surface area contributed by atoms with Crippen LogP contribution in [0.25, 0.3) is 11.0 Å². The number of para-hydroxylation sites is 2. The third-order valence-corrected chi connectivity index (χ3v) is 4.27. The third-order valence-electron chi connectivity index (χ3n) is 4.27. The van der Waals surface area contributed by atoms with Gasteiger partial charge in [0.05, 0.1) is 35.8 Å². The maximum Gasteiger partial charge on any atom is 0.239 e. The SMILES string of the molecule is Cc1nn(CCC#N)c(C)c1CCC(=O)Nn1cnc2ccccc21. The molecule has 3 aromatic rings. The van der Waals surface area contributed by atoms with Gasteiger partial charge in [-0.3, -0.25) is 14.9 Å². The smallest absolute Gasteiger partial charge is 0.239 e. The zero-order chi connectivity index (χ0) is 17.8. The van der Waals surface area contributed by atoms with Crippen molar-refractivity contribution in [3.05, 3.63) is 47.5 Å². The normalized spacial score (nSPS) is 10.8. The van der Waals surface area contributed by atoms with Gasteiger partial charge in [0, 0.05) is 12.1 Å². The number of nitrogens with zero attached hydrogens (tertiary/aromatic N) is 5. The van der Waals surface area contributed by atoms with Gasteiger partial charge >= 0.3 is 0 Å². The number of hydrogen-bond donors (Lipinski definition) is 1. The van der Waals surface area contributed by atoms with Crippen LogP contribution in [0.1, 0.15) is 29.8 Å². The highest BCUT2D eigenvalue weighted by molar-refractivity contribution is 5.86. The number of aromatic nitrogens is 4. The Bertz CT molecular complexity index is 946. The van der Waals surface area contributed by atoms with Gasteiger partial charge in [0.2, 0.25) is 5.91 Å². The number of benzene rings is 1. The van der Waals surface area contributed by atoms with Crippen LogP contribution in [0.4, 0.5) is 0 Å². The van der Waals surface area contributed by atoms with E-state index in [9.17, 15) is 4.79 Å². The number of nitrogens with one attached hydrogen (secondary N) is 1. The minimum atomic E-state index is -0.0771. The van der Waals surface area contributed by atoms with Crippen LogP contribution in [0.5, 0.6) is 0 Å². The van der Waals surface area contributed by atoms with Crippen molar-refractivity contribution in [2.75, 3.05) is 5.43 Å². The van der Waals surface area contributed by atoms with Gasteiger partial charge in [0.15, 0.2) is 0 Å². The first-order valence-corrected chi connectivity index (χ1v) is 8.22. The number of fused-ring (bicyclic) bond motifs is 1. The number of nitriles is 1. The predicted molar refractivity (Wildman–Crippen MR) is 94.4 cm³/mol. The summed E-state index contributed by atoms with van der Waals surface area (Å²) in [6.07, 6.45) is 3.01. The molecule has 0 fully saturated rings. The van der Waals surface area contributed by atoms with Crippen molar-refractivity contribution in [3.63, 3.8) is 0 Å². The summed E-state index contributed by atoms with van der Waals surface area (Å²) in [4.78, 5) is 16.6. The molecular weight excluding hydrogens is 316 g/mol. The zero-order valence-electron chi connectivity index (χ0n) is 14.4. The van der Waals surface area contributed by atoms with Crippen LogP contribution in [0.15, 0.2) is 30.6 Å². The van der Waals surface area contributed by atoms with Crippen LogP contribution in [-0.2, 0) is 17.8 Å². The lowest BCUT2D eigenvalue weighted by molar-refractivity contribution is -0.117. The second-order valence-electron chi connectivity index (χ2n) is 5.92. The molecular formula is C18H20N6O. The van der Waals surface area contributed by atoms with E-state index in [2.05, 4.69) is 21.6 Å². The second kappa shape index (κ2) is 7.18. The number of amides is 1. The Morgan fingerprint density at radius 2 is 2.12 bits per heavy atom. The molecule has 0 aliphatic carbocycles. The van der Waals surface area contributed by atoms with E-state index in [0.29, 0.717) is 25.8 Å². The van der Waals surface area contributed by atoms with E-state index in [0.717, 1.165) is 28.0 Å². The summed E-state index contributed by atoms with van der Waals surface area (Å²) < 4.78 is 3.49. The highest BCUT2D eigenvalue weighted by atomic mass is 16.2. The van der Waals surface area contributed by atoms with E-state index in [-0.39, 0.29) is 5.91 Å². The molecule has 0 atom stereocenters. The fourth-order valence-electron chi connectivity index (χ4n) is 2.95. The number of imidazole rings is 1. The number of carbonyl (C=O) groups excluding carboxylic acids is 1. The Morgan fingerprint density at radius 1 is 1.32 bits per heavy atom. The molecule has 0 bridgehead atoms. The number of hydrogen-bond acceptors (Lipinski definition) is 4. The molecule has 0 saturated carbocycles. The summed E-state index contributed by atoms with van der Waals surface area (Å²) in [6.45, 7) is 4.50. The van der Waals surface area contributed by atoms with Gasteiger partial charge in [-0.05, 0) is 38.0 Å². The minimum Gasteiger partial charge on any atom is -0.273 e. The van der Waals surface area contributed by atoms with E-state index in [1.54, 1.807) is 11.0 Å². The largest absolute Gasteiger partial charge is 0.273 e. The molecule has 3 rings (SSSR count). The Labute approximate surface area is 145 Å². The van der Waals surface area contributed by atoms with Crippen molar-refractivity contribution in [1.29, 1.82) is 5.26 Å². The lowest BCUT2D eigenvalue weighted by atomic mass is 10.1. The first-order chi connectivity index (χ1) is 12.1. The quantitative estimate of drug-likeness (QED) is 0.749. The molecule has 1 N–H and O–H groups in total. The lowest BCUT2D eigenvalue weighted by Gasteiger charge is -2.07. The molecule has 2 aromatic heterocycles. The van der Waals surface area contributed by atoms with E-state index >= 15 is 0 Å². The Kier molecular flexibility index (Phi) is 4.80. The summed E-state index contributed by atoms with van der Waals surface area (Å²) in [5.41, 5.74) is 7.58. The highest BCUT2D eigenvalue weighted by Gasteiger charge is 2.13. The van der Waals surface area contributed by atoms with Gasteiger partial charge < -0.3 is 0 Å². The standard InChI is InChI=1S/C18H20N6O/c1-13-15(14(2)23(21-13)11-5-10-19)8-9-18(25)22-24-12-20-16-6-3-4-7-17(16)24/h3-4,6-7,12H,5,8-9,11H2,1-2H3,(H,22,25). The first kappa shape index (κ1) is 16.7. The summed E-state index contributed by atoms with van der Waals surface area (Å²) in [5.74, 6) is -0.0771. The summed E-state index contributed by atoms with van der Waals surface area (Å²) >= 11 is 0. The second-order valence-corrected chi connectivity index (χ2v) is 5.92. The molecule has 0 saturated heterocycles. The molecule has 7 heteroatoms. The molecule has 0 aliphatic rings. The van der Waals surface area contributed by atoms with Crippen molar-refractivity contribution in [2.24, 2.45) is 0 Å². The van der Waals surface area contributed by atoms with E-state index in [1.165, 1.54) is 0 Å². The van der Waals surface area contributed by atoms with Gasteiger partial charge in [-0.1, -0.05) is 12.1 Å². The monoisotopic (exact) mass is 336 g/mol. The molecule has 1 amide bonds. The predicted octanol–water partition coefficient (Wildman–Crippen LogP) is 2.47. The zero-order valence-corrected chi connectivity index (χ0v) is 14.4. The van der Waals surface area contributed by atoms with E-state index < -0.39 is 0 Å². The van der Waals surface area contributed by atoms with Crippen LogP contribution < -0.4 is 5.43 Å². The average molecular weight is 336 g/mol. The molecule has 1 aromatic carbocycles. The summed E-state index contributed by atoms with van der Waals surface area (Å²) in [5, 5.41) is 13.2. The van der Waals surface area contributed by atoms with E-state index in [1.807, 2.05) is 42.8 Å². The molecule has 0 aliphatic heterocycles. The van der Waals surface area contributed by atoms with Crippen molar-refractivity contribution in [2.45, 2.75) is 39.7 Å². The molecule has 7 nitrogen and oxygen atoms in total. The summed E-state index contributed by atoms with van der Waals surface area (Å²) in [7, 11) is 0. The van der Waals surface area contributed by atoms with Crippen molar-refractivity contribution in [3.8, 4) is 6.07 Å². The fraction of sp³-hybridized carbons (Fsp3) is 0.333. The van der Waals surface area contributed by atoms with Crippen LogP contribution in [0.3, 0.4) is 0 Å². The molecule has 25 heavy (non-hydrogen) atoms. The molecule has 0 radical (unpaired) electrons. The van der Waals surface area contributed by atoms with E-state index in [4.69, 9.17) is 5.26 Å². The van der Waals surface area contributed by atoms with Gasteiger partial charge in [-0.25, -0.2) is 9.66 Å². The molecule has 2 heterocycles. The van der Waals surface area contributed by atoms with Crippen molar-refractivity contribution < 1.29 is 4.79 Å². The maximum atomic E-state index is 12.3. The summed E-state index contributed by atoms with van der Waals surface area (Å²) in [6, 6.07) is 9.77. The topological polar surface area (TPSA) is 88.5 Å². The molecule has 0 spiro atoms. The van der Waals surface area contributed by atoms with Gasteiger partial charge in [0.1, 0.15) is 6.33 Å². The third kappa shape index (κ3) is 3.53. The van der Waals surface area contributed by atoms with Crippen LogP contribution in [0, 0.1) is 25.2 Å². The first-order valence-electron chi connectivity index (χ1n) is 8.22. The minimum absolute atomic E-state index is 0.0771. The molecule has 0 unspecified atom stereocenters. The fourth-order valence-corrected chi connectivity index (χ4v) is 2.95. The Balaban J connectivity index is 1.65. The number of rotatable bonds is 6. The van der Waals surface area contributed by atoms with Crippen molar-refractivity contribution in [1.82, 2.24) is 19.4 Å². The number of aryl methyl sites for hydroxylation is 2. The average Bonchev–Trinajstić information content (AvgIpc) is 3.13. The van der Waals surface area contributed by atoms with Crippen LogP contribution in [0.2, 0.25) is 0 Å². The Morgan fingerprint density at radius 3 is 2.92 bits per heavy atom. The van der Waals surface area contributed by atoms with Gasteiger partial charge in [-0.15, -0.1) is 0 Å².